The van der Waals surface area contributed by atoms with Gasteiger partial charge in [0.05, 0.1) is 6.10 Å². The summed E-state index contributed by atoms with van der Waals surface area (Å²) >= 11 is 1.19. The number of anilines is 1. The van der Waals surface area contributed by atoms with Gasteiger partial charge in [0.1, 0.15) is 5.82 Å². The Hall–Kier alpha value is -1.99. The Morgan fingerprint density at radius 1 is 1.36 bits per heavy atom. The zero-order chi connectivity index (χ0) is 17.6. The number of benzene rings is 1. The number of aryl methyl sites for hydroxylation is 2. The normalized spacial score (nSPS) is 16.6. The number of urea groups is 1. The highest BCUT2D eigenvalue weighted by molar-refractivity contribution is 7.09. The van der Waals surface area contributed by atoms with Gasteiger partial charge in [0.15, 0.2) is 0 Å². The molecule has 1 saturated heterocycles. The molecule has 0 saturated carbocycles. The maximum Gasteiger partial charge on any atom is 0.323 e. The van der Waals surface area contributed by atoms with Gasteiger partial charge in [-0.3, -0.25) is 5.32 Å². The van der Waals surface area contributed by atoms with E-state index in [4.69, 9.17) is 0 Å². The highest BCUT2D eigenvalue weighted by Gasteiger charge is 2.27. The molecule has 134 valence electrons. The summed E-state index contributed by atoms with van der Waals surface area (Å²) in [5.41, 5.74) is 1.26. The Morgan fingerprint density at radius 3 is 2.72 bits per heavy atom. The van der Waals surface area contributed by atoms with Crippen molar-refractivity contribution in [1.29, 1.82) is 0 Å². The minimum atomic E-state index is -0.309. The summed E-state index contributed by atoms with van der Waals surface area (Å²) in [7, 11) is 0. The first-order chi connectivity index (χ1) is 12.1. The number of rotatable bonds is 5. The number of likely N-dealkylation sites (tertiary alicyclic amines) is 1. The van der Waals surface area contributed by atoms with Crippen LogP contribution in [0.2, 0.25) is 0 Å². The van der Waals surface area contributed by atoms with Gasteiger partial charge in [-0.15, -0.1) is 0 Å². The van der Waals surface area contributed by atoms with Gasteiger partial charge in [-0.25, -0.2) is 9.78 Å². The van der Waals surface area contributed by atoms with Crippen LogP contribution in [0.25, 0.3) is 0 Å². The van der Waals surface area contributed by atoms with E-state index in [9.17, 15) is 9.90 Å². The summed E-state index contributed by atoms with van der Waals surface area (Å²) in [6.45, 7) is 3.13. The van der Waals surface area contributed by atoms with Crippen molar-refractivity contribution in [2.75, 3.05) is 18.4 Å². The number of hydrogen-bond acceptors (Lipinski definition) is 5. The summed E-state index contributed by atoms with van der Waals surface area (Å²) in [5.74, 6) is 0.928. The summed E-state index contributed by atoms with van der Waals surface area (Å²) in [5, 5.41) is 13.8. The zero-order valence-electron chi connectivity index (χ0n) is 14.4. The number of aliphatic hydroxyl groups excluding tert-OH is 1. The lowest BCUT2D eigenvalue weighted by atomic mass is 9.88. The summed E-state index contributed by atoms with van der Waals surface area (Å²) in [6.07, 6.45) is 3.01. The molecule has 2 heterocycles. The van der Waals surface area contributed by atoms with Crippen molar-refractivity contribution in [3.8, 4) is 0 Å². The van der Waals surface area contributed by atoms with Crippen LogP contribution >= 0.6 is 11.5 Å². The van der Waals surface area contributed by atoms with E-state index >= 15 is 0 Å². The van der Waals surface area contributed by atoms with Crippen LogP contribution in [0.1, 0.15) is 30.7 Å². The summed E-state index contributed by atoms with van der Waals surface area (Å²) in [6, 6.07) is 10.1. The lowest BCUT2D eigenvalue weighted by Gasteiger charge is -2.34. The standard InChI is InChI=1S/C18H24N4O2S/c1-13-19-17(25-21-13)20-18(24)22-11-9-15(10-12-22)16(23)8-7-14-5-3-2-4-6-14/h2-6,15-16,23H,7-12H2,1H3,(H,19,20,21,24)/t16-/m0/s1. The summed E-state index contributed by atoms with van der Waals surface area (Å²) < 4.78 is 4.06. The second-order valence-corrected chi connectivity index (χ2v) is 7.24. The van der Waals surface area contributed by atoms with Crippen LogP contribution in [0.5, 0.6) is 0 Å². The highest BCUT2D eigenvalue weighted by atomic mass is 32.1. The van der Waals surface area contributed by atoms with E-state index in [1.54, 1.807) is 11.8 Å². The molecule has 0 bridgehead atoms. The van der Waals surface area contributed by atoms with Crippen LogP contribution in [0.3, 0.4) is 0 Å². The molecule has 0 radical (unpaired) electrons. The van der Waals surface area contributed by atoms with Crippen LogP contribution in [0, 0.1) is 12.8 Å². The first kappa shape index (κ1) is 17.8. The molecule has 1 aliphatic rings. The molecule has 1 aromatic carbocycles. The Bertz CT molecular complexity index is 683. The van der Waals surface area contributed by atoms with Gasteiger partial charge in [0.2, 0.25) is 5.13 Å². The van der Waals surface area contributed by atoms with Gasteiger partial charge >= 0.3 is 6.03 Å². The third-order valence-corrected chi connectivity index (χ3v) is 5.41. The van der Waals surface area contributed by atoms with E-state index in [-0.39, 0.29) is 18.1 Å². The minimum absolute atomic E-state index is 0.131. The third kappa shape index (κ3) is 4.99. The number of aromatic nitrogens is 2. The molecule has 0 unspecified atom stereocenters. The predicted molar refractivity (Wildman–Crippen MR) is 98.7 cm³/mol. The lowest BCUT2D eigenvalue weighted by molar-refractivity contribution is 0.0626. The van der Waals surface area contributed by atoms with E-state index in [2.05, 4.69) is 26.8 Å². The topological polar surface area (TPSA) is 78.4 Å². The highest BCUT2D eigenvalue weighted by Crippen LogP contribution is 2.24. The molecule has 2 amide bonds. The number of carbonyl (C=O) groups excluding carboxylic acids is 1. The zero-order valence-corrected chi connectivity index (χ0v) is 15.2. The van der Waals surface area contributed by atoms with Crippen LogP contribution in [-0.4, -0.2) is 44.6 Å². The van der Waals surface area contributed by atoms with Gasteiger partial charge < -0.3 is 10.0 Å². The van der Waals surface area contributed by atoms with Crippen molar-refractivity contribution in [2.45, 2.75) is 38.7 Å². The largest absolute Gasteiger partial charge is 0.393 e. The number of hydrogen-bond donors (Lipinski definition) is 2. The first-order valence-electron chi connectivity index (χ1n) is 8.70. The molecule has 1 aliphatic heterocycles. The molecule has 3 rings (SSSR count). The molecular weight excluding hydrogens is 336 g/mol. The first-order valence-corrected chi connectivity index (χ1v) is 9.47. The van der Waals surface area contributed by atoms with E-state index < -0.39 is 0 Å². The second-order valence-electron chi connectivity index (χ2n) is 6.49. The van der Waals surface area contributed by atoms with Gasteiger partial charge in [0.25, 0.3) is 0 Å². The van der Waals surface area contributed by atoms with E-state index in [1.165, 1.54) is 17.1 Å². The smallest absolute Gasteiger partial charge is 0.323 e. The van der Waals surface area contributed by atoms with Crippen molar-refractivity contribution in [1.82, 2.24) is 14.3 Å². The number of nitrogens with one attached hydrogen (secondary N) is 1. The van der Waals surface area contributed by atoms with E-state index in [1.807, 2.05) is 18.2 Å². The van der Waals surface area contributed by atoms with E-state index in [0.29, 0.717) is 24.0 Å². The number of piperidine rings is 1. The molecule has 1 fully saturated rings. The second kappa shape index (κ2) is 8.40. The van der Waals surface area contributed by atoms with Crippen LogP contribution in [0.4, 0.5) is 9.93 Å². The number of aliphatic hydroxyl groups is 1. The van der Waals surface area contributed by atoms with Crippen LogP contribution in [0.15, 0.2) is 30.3 Å². The van der Waals surface area contributed by atoms with Crippen molar-refractivity contribution in [3.63, 3.8) is 0 Å². The fraction of sp³-hybridized carbons (Fsp3) is 0.500. The molecule has 0 aliphatic carbocycles. The van der Waals surface area contributed by atoms with Gasteiger partial charge in [-0.1, -0.05) is 30.3 Å². The van der Waals surface area contributed by atoms with Gasteiger partial charge in [0, 0.05) is 24.6 Å². The Balaban J connectivity index is 1.42. The van der Waals surface area contributed by atoms with Crippen molar-refractivity contribution in [2.24, 2.45) is 5.92 Å². The average Bonchev–Trinajstić information content (AvgIpc) is 3.05. The maximum absolute atomic E-state index is 12.3. The molecule has 2 N–H and O–H groups in total. The Labute approximate surface area is 152 Å². The van der Waals surface area contributed by atoms with Gasteiger partial charge in [-0.2, -0.15) is 4.37 Å². The predicted octanol–water partition coefficient (Wildman–Crippen LogP) is 3.08. The number of carbonyl (C=O) groups is 1. The monoisotopic (exact) mass is 360 g/mol. The van der Waals surface area contributed by atoms with Crippen molar-refractivity contribution >= 4 is 22.7 Å². The van der Waals surface area contributed by atoms with E-state index in [0.717, 1.165) is 25.7 Å². The Kier molecular flexibility index (Phi) is 5.99. The average molecular weight is 360 g/mol. The molecule has 25 heavy (non-hydrogen) atoms. The molecule has 1 aromatic heterocycles. The van der Waals surface area contributed by atoms with Crippen molar-refractivity contribution in [3.05, 3.63) is 41.7 Å². The minimum Gasteiger partial charge on any atom is -0.393 e. The molecule has 7 heteroatoms. The summed E-state index contributed by atoms with van der Waals surface area (Å²) in [4.78, 5) is 18.2. The molecule has 2 aromatic rings. The molecular formula is C18H24N4O2S. The van der Waals surface area contributed by atoms with Crippen LogP contribution < -0.4 is 5.32 Å². The molecule has 0 spiro atoms. The number of nitrogens with zero attached hydrogens (tertiary/aromatic N) is 3. The quantitative estimate of drug-likeness (QED) is 0.859. The number of amides is 2. The third-order valence-electron chi connectivity index (χ3n) is 4.68. The lowest BCUT2D eigenvalue weighted by Crippen LogP contribution is -2.43. The van der Waals surface area contributed by atoms with Crippen molar-refractivity contribution < 1.29 is 9.90 Å². The molecule has 1 atom stereocenters. The maximum atomic E-state index is 12.3. The molecule has 6 nitrogen and oxygen atoms in total. The fourth-order valence-corrected chi connectivity index (χ4v) is 3.77. The SMILES string of the molecule is Cc1nsc(NC(=O)N2CCC([C@@H](O)CCc3ccccc3)CC2)n1. The van der Waals surface area contributed by atoms with Crippen LogP contribution in [-0.2, 0) is 6.42 Å². The van der Waals surface area contributed by atoms with Gasteiger partial charge in [-0.05, 0) is 44.1 Å². The fourth-order valence-electron chi connectivity index (χ4n) is 3.20. The Morgan fingerprint density at radius 2 is 2.08 bits per heavy atom.